The van der Waals surface area contributed by atoms with Crippen molar-refractivity contribution in [3.8, 4) is 96.2 Å². The molecule has 0 fully saturated rings. The van der Waals surface area contributed by atoms with Crippen molar-refractivity contribution < 1.29 is 9.47 Å². The van der Waals surface area contributed by atoms with Crippen LogP contribution < -0.4 is 9.47 Å². The molecule has 10 heteroatoms. The Morgan fingerprint density at radius 3 is 1.21 bits per heavy atom. The molecule has 0 unspecified atom stereocenters. The molecule has 500 valence electrons. The van der Waals surface area contributed by atoms with Gasteiger partial charge in [-0.15, -0.1) is 0 Å². The van der Waals surface area contributed by atoms with Gasteiger partial charge >= 0.3 is 0 Å². The number of para-hydroxylation sites is 5. The van der Waals surface area contributed by atoms with Crippen LogP contribution >= 0.6 is 11.6 Å². The van der Waals surface area contributed by atoms with Gasteiger partial charge in [0.15, 0.2) is 0 Å². The van der Waals surface area contributed by atoms with Gasteiger partial charge in [-0.05, 0) is 218 Å². The molecule has 1 aliphatic carbocycles. The molecule has 7 heterocycles. The van der Waals surface area contributed by atoms with Crippen molar-refractivity contribution in [2.45, 2.75) is 6.42 Å². The third-order valence-electron chi connectivity index (χ3n) is 21.7. The van der Waals surface area contributed by atoms with E-state index in [-0.39, 0.29) is 5.28 Å². The van der Waals surface area contributed by atoms with E-state index in [9.17, 15) is 0 Å². The quantitative estimate of drug-likeness (QED) is 0.160. The Balaban J connectivity index is 0.000000113. The molecular formula is C97H58ClN7O2. The standard InChI is InChI=1S/C48H28N4O.C35H23N.C14H7ClN2O/c1-2-11-30-26-33(23-20-29(30)10-1)51-40-16-6-3-12-34(40)37-27-31(21-24-42(37)51)32-22-25-43-38(28-32)35-13-4-7-17-41(35)52(43)48-49-39-15-9-19-45-46(39)47(50-48)36-14-5-8-18-44(36)53-45;1-2-8-24-20-29(17-15-23(24)7-1)36-34-12-6-5-11-31(34)33-22-26(16-18-35(33)36)25-13-14-28-19-27-9-3-4-10-30(27)32(28)21-25;15-14-16-9-5-3-7-11-12(9)13(17-14)8-4-1-2-6-10(8)18-11/h1-28H;1-18,20-22H,19H2;1-7H. The van der Waals surface area contributed by atoms with Gasteiger partial charge in [-0.25, -0.2) is 19.9 Å². The van der Waals surface area contributed by atoms with Crippen molar-refractivity contribution >= 4 is 120 Å². The zero-order valence-corrected chi connectivity index (χ0v) is 58.1. The van der Waals surface area contributed by atoms with Gasteiger partial charge in [0.1, 0.15) is 23.0 Å². The summed E-state index contributed by atoms with van der Waals surface area (Å²) in [6.07, 6.45) is 1.03. The highest BCUT2D eigenvalue weighted by Crippen LogP contribution is 2.49. The smallest absolute Gasteiger partial charge is 0.235 e. The first-order valence-electron chi connectivity index (χ1n) is 36.0. The highest BCUT2D eigenvalue weighted by molar-refractivity contribution is 6.29. The molecule has 9 nitrogen and oxygen atoms in total. The predicted molar refractivity (Wildman–Crippen MR) is 439 cm³/mol. The molecule has 0 saturated heterocycles. The Labute approximate surface area is 618 Å². The van der Waals surface area contributed by atoms with Gasteiger partial charge < -0.3 is 18.6 Å². The van der Waals surface area contributed by atoms with Gasteiger partial charge in [0.2, 0.25) is 11.2 Å². The summed E-state index contributed by atoms with van der Waals surface area (Å²) in [7, 11) is 0. The van der Waals surface area contributed by atoms with E-state index in [1.54, 1.807) is 0 Å². The number of halogens is 1. The highest BCUT2D eigenvalue weighted by Gasteiger charge is 2.27. The lowest BCUT2D eigenvalue weighted by Gasteiger charge is -2.20. The monoisotopic (exact) mass is 1390 g/mol. The highest BCUT2D eigenvalue weighted by atomic mass is 35.5. The minimum atomic E-state index is 0.256. The molecular weight excluding hydrogens is 1330 g/mol. The molecule has 0 radical (unpaired) electrons. The van der Waals surface area contributed by atoms with Crippen molar-refractivity contribution in [1.29, 1.82) is 0 Å². The van der Waals surface area contributed by atoms with Crippen LogP contribution in [-0.4, -0.2) is 33.6 Å². The number of ether oxygens (including phenoxy) is 2. The van der Waals surface area contributed by atoms with E-state index in [1.165, 1.54) is 110 Å². The largest absolute Gasteiger partial charge is 0.456 e. The normalized spacial score (nSPS) is 12.3. The lowest BCUT2D eigenvalue weighted by molar-refractivity contribution is 0.486. The molecule has 0 amide bonds. The van der Waals surface area contributed by atoms with Gasteiger partial charge in [-0.2, -0.15) is 0 Å². The van der Waals surface area contributed by atoms with Crippen LogP contribution in [0.2, 0.25) is 5.28 Å². The molecule has 2 aliphatic heterocycles. The number of benzene rings is 16. The minimum absolute atomic E-state index is 0.256. The molecule has 5 aromatic heterocycles. The Morgan fingerprint density at radius 2 is 0.664 bits per heavy atom. The van der Waals surface area contributed by atoms with Crippen LogP contribution in [0.4, 0.5) is 0 Å². The van der Waals surface area contributed by atoms with E-state index in [1.807, 2.05) is 78.9 Å². The average molecular weight is 1390 g/mol. The first-order chi connectivity index (χ1) is 52.9. The number of hydrogen-bond acceptors (Lipinski definition) is 6. The zero-order chi connectivity index (χ0) is 70.4. The fourth-order valence-corrected chi connectivity index (χ4v) is 17.0. The Kier molecular flexibility index (Phi) is 13.6. The first kappa shape index (κ1) is 60.6. The Morgan fingerprint density at radius 1 is 0.262 bits per heavy atom. The summed E-state index contributed by atoms with van der Waals surface area (Å²) in [5, 5.41) is 14.5. The van der Waals surface area contributed by atoms with Crippen molar-refractivity contribution in [2.24, 2.45) is 0 Å². The van der Waals surface area contributed by atoms with Crippen LogP contribution in [-0.2, 0) is 6.42 Å². The molecule has 0 bridgehead atoms. The molecule has 24 rings (SSSR count). The number of fused-ring (bicyclic) bond motifs is 18. The van der Waals surface area contributed by atoms with E-state index in [0.717, 1.165) is 107 Å². The van der Waals surface area contributed by atoms with Crippen LogP contribution in [0.1, 0.15) is 11.1 Å². The van der Waals surface area contributed by atoms with Crippen LogP contribution in [0.15, 0.2) is 340 Å². The molecule has 107 heavy (non-hydrogen) atoms. The molecule has 21 aromatic rings. The van der Waals surface area contributed by atoms with E-state index in [4.69, 9.17) is 31.0 Å². The number of aromatic nitrogens is 7. The van der Waals surface area contributed by atoms with Crippen LogP contribution in [0.25, 0.3) is 182 Å². The SMILES string of the molecule is Clc1nc2c3c(cccc3n1)Oc1ccccc1-2.c1ccc2c(c1)Cc1ccc(-c3ccc4c(c3)c3ccccc3n4-c3ccc4ccccc4c3)cc1-2.c1ccc2c(c1)Oc1cccc3nc(-n4c5ccccc5c5cc(-c6ccc7c(c6)c6ccccc6n7-c6ccc7ccccc7c6)ccc54)nc-2c13. The fraction of sp³-hybridized carbons (Fsp3) is 0.0103. The van der Waals surface area contributed by atoms with E-state index < -0.39 is 0 Å². The van der Waals surface area contributed by atoms with E-state index in [0.29, 0.717) is 5.95 Å². The summed E-state index contributed by atoms with van der Waals surface area (Å²) in [5.41, 5.74) is 25.1. The number of rotatable bonds is 5. The van der Waals surface area contributed by atoms with Crippen molar-refractivity contribution in [2.75, 3.05) is 0 Å². The topological polar surface area (TPSA) is 84.8 Å². The van der Waals surface area contributed by atoms with Gasteiger partial charge in [0.25, 0.3) is 0 Å². The van der Waals surface area contributed by atoms with Crippen LogP contribution in [0, 0.1) is 0 Å². The van der Waals surface area contributed by atoms with Gasteiger partial charge in [-0.1, -0.05) is 206 Å². The van der Waals surface area contributed by atoms with Crippen molar-refractivity contribution in [3.63, 3.8) is 0 Å². The lowest BCUT2D eigenvalue weighted by Crippen LogP contribution is -2.06. The molecule has 0 N–H and O–H groups in total. The van der Waals surface area contributed by atoms with Crippen molar-refractivity contribution in [3.05, 3.63) is 356 Å². The maximum atomic E-state index is 6.28. The first-order valence-corrected chi connectivity index (χ1v) is 36.4. The van der Waals surface area contributed by atoms with Gasteiger partial charge in [-0.3, -0.25) is 4.57 Å². The summed E-state index contributed by atoms with van der Waals surface area (Å²) in [6.45, 7) is 0. The average Bonchev–Trinajstić information content (AvgIpc) is 1.60. The minimum Gasteiger partial charge on any atom is -0.456 e. The maximum absolute atomic E-state index is 6.28. The Hall–Kier alpha value is -14.0. The molecule has 0 spiro atoms. The number of nitrogens with zero attached hydrogens (tertiary/aromatic N) is 7. The molecule has 0 atom stereocenters. The second-order valence-corrected chi connectivity index (χ2v) is 28.1. The maximum Gasteiger partial charge on any atom is 0.235 e. The van der Waals surface area contributed by atoms with Gasteiger partial charge in [0, 0.05) is 54.8 Å². The van der Waals surface area contributed by atoms with Crippen LogP contribution in [0.5, 0.6) is 23.0 Å². The zero-order valence-electron chi connectivity index (χ0n) is 57.4. The summed E-state index contributed by atoms with van der Waals surface area (Å²) >= 11 is 5.98. The summed E-state index contributed by atoms with van der Waals surface area (Å²) < 4.78 is 19.1. The van der Waals surface area contributed by atoms with Gasteiger partial charge in [0.05, 0.1) is 66.3 Å². The predicted octanol–water partition coefficient (Wildman–Crippen LogP) is 25.6. The van der Waals surface area contributed by atoms with E-state index in [2.05, 4.69) is 285 Å². The third-order valence-corrected chi connectivity index (χ3v) is 21.9. The number of hydrogen-bond donors (Lipinski definition) is 0. The molecule has 3 aliphatic rings. The van der Waals surface area contributed by atoms with E-state index >= 15 is 0 Å². The lowest BCUT2D eigenvalue weighted by atomic mass is 9.97. The summed E-state index contributed by atoms with van der Waals surface area (Å²) in [4.78, 5) is 19.0. The molecule has 0 saturated carbocycles. The summed E-state index contributed by atoms with van der Waals surface area (Å²) in [5.74, 6) is 3.81. The summed E-state index contributed by atoms with van der Waals surface area (Å²) in [6, 6.07) is 121. The van der Waals surface area contributed by atoms with Crippen molar-refractivity contribution in [1.82, 2.24) is 33.6 Å². The van der Waals surface area contributed by atoms with Crippen LogP contribution in [0.3, 0.4) is 0 Å². The fourth-order valence-electron chi connectivity index (χ4n) is 16.8. The Bertz CT molecular complexity index is 7350. The molecule has 16 aromatic carbocycles. The third kappa shape index (κ3) is 9.79. The second kappa shape index (κ2) is 24.1. The second-order valence-electron chi connectivity index (χ2n) is 27.7.